The molecule has 124 valence electrons. The second kappa shape index (κ2) is 6.20. The van der Waals surface area contributed by atoms with Crippen molar-refractivity contribution in [3.05, 3.63) is 30.2 Å². The molecule has 0 amide bonds. The number of anilines is 3. The van der Waals surface area contributed by atoms with Crippen molar-refractivity contribution in [2.24, 2.45) is 0 Å². The molecule has 0 unspecified atom stereocenters. The molecule has 7 nitrogen and oxygen atoms in total. The molecule has 24 heavy (non-hydrogen) atoms. The van der Waals surface area contributed by atoms with Gasteiger partial charge in [-0.3, -0.25) is 0 Å². The van der Waals surface area contributed by atoms with Gasteiger partial charge in [-0.25, -0.2) is 19.9 Å². The Balaban J connectivity index is 1.51. The third-order valence-corrected chi connectivity index (χ3v) is 5.06. The molecule has 0 aromatic carbocycles. The highest BCUT2D eigenvalue weighted by Crippen LogP contribution is 2.28. The van der Waals surface area contributed by atoms with E-state index in [-0.39, 0.29) is 0 Å². The summed E-state index contributed by atoms with van der Waals surface area (Å²) in [6.07, 6.45) is 3.30. The van der Waals surface area contributed by atoms with E-state index in [2.05, 4.69) is 41.2 Å². The lowest BCUT2D eigenvalue weighted by molar-refractivity contribution is 0.642. The van der Waals surface area contributed by atoms with Crippen LogP contribution >= 0.6 is 11.3 Å². The van der Waals surface area contributed by atoms with E-state index in [1.54, 1.807) is 24.0 Å². The molecule has 8 heteroatoms. The van der Waals surface area contributed by atoms with Crippen LogP contribution in [0.3, 0.4) is 0 Å². The summed E-state index contributed by atoms with van der Waals surface area (Å²) in [6, 6.07) is 4.15. The molecular formula is C16H19N7S. The second-order valence-electron chi connectivity index (χ2n) is 5.94. The van der Waals surface area contributed by atoms with Gasteiger partial charge in [0, 0.05) is 46.3 Å². The van der Waals surface area contributed by atoms with Crippen molar-refractivity contribution < 1.29 is 0 Å². The summed E-state index contributed by atoms with van der Waals surface area (Å²) in [5.74, 6) is 2.95. The van der Waals surface area contributed by atoms with E-state index in [4.69, 9.17) is 0 Å². The van der Waals surface area contributed by atoms with Crippen LogP contribution in [0.5, 0.6) is 0 Å². The van der Waals surface area contributed by atoms with Gasteiger partial charge in [0.05, 0.1) is 5.39 Å². The average molecular weight is 341 g/mol. The fourth-order valence-electron chi connectivity index (χ4n) is 2.93. The maximum absolute atomic E-state index is 4.51. The van der Waals surface area contributed by atoms with Gasteiger partial charge in [-0.2, -0.15) is 0 Å². The van der Waals surface area contributed by atoms with Crippen molar-refractivity contribution in [3.63, 3.8) is 0 Å². The minimum atomic E-state index is 0.916. The van der Waals surface area contributed by atoms with Crippen LogP contribution in [-0.2, 0) is 0 Å². The number of aromatic nitrogens is 4. The van der Waals surface area contributed by atoms with Crippen molar-refractivity contribution >= 4 is 39.0 Å². The van der Waals surface area contributed by atoms with E-state index in [0.29, 0.717) is 0 Å². The fraction of sp³-hybridized carbons (Fsp3) is 0.375. The molecule has 1 aliphatic rings. The standard InChI is InChI=1S/C16H19N7S/c1-21(2)13-9-14(18-10-17-13)22-4-6-23(7-5-22)15-12-3-8-24-16(12)20-11-19-15/h3,8-11H,4-7H2,1-2H3. The molecule has 0 saturated carbocycles. The van der Waals surface area contributed by atoms with Crippen LogP contribution in [0.4, 0.5) is 17.5 Å². The molecule has 1 aliphatic heterocycles. The number of piperazine rings is 1. The number of fused-ring (bicyclic) bond motifs is 1. The Morgan fingerprint density at radius 3 is 2.50 bits per heavy atom. The Morgan fingerprint density at radius 2 is 1.71 bits per heavy atom. The highest BCUT2D eigenvalue weighted by molar-refractivity contribution is 7.16. The van der Waals surface area contributed by atoms with Crippen LogP contribution < -0.4 is 14.7 Å². The van der Waals surface area contributed by atoms with E-state index < -0.39 is 0 Å². The van der Waals surface area contributed by atoms with Crippen molar-refractivity contribution in [2.45, 2.75) is 0 Å². The largest absolute Gasteiger partial charge is 0.363 e. The summed E-state index contributed by atoms with van der Waals surface area (Å²) in [5, 5.41) is 3.22. The minimum absolute atomic E-state index is 0.916. The number of hydrogen-bond acceptors (Lipinski definition) is 8. The molecule has 3 aromatic rings. The van der Waals surface area contributed by atoms with Gasteiger partial charge in [-0.05, 0) is 11.4 Å². The lowest BCUT2D eigenvalue weighted by Crippen LogP contribution is -2.47. The topological polar surface area (TPSA) is 61.3 Å². The van der Waals surface area contributed by atoms with Gasteiger partial charge in [0.15, 0.2) is 0 Å². The molecule has 4 rings (SSSR count). The van der Waals surface area contributed by atoms with Crippen LogP contribution in [-0.4, -0.2) is 60.2 Å². The third-order valence-electron chi connectivity index (χ3n) is 4.24. The molecule has 0 atom stereocenters. The molecule has 0 bridgehead atoms. The molecule has 0 N–H and O–H groups in total. The first-order valence-corrected chi connectivity index (χ1v) is 8.78. The van der Waals surface area contributed by atoms with E-state index in [1.165, 1.54) is 0 Å². The summed E-state index contributed by atoms with van der Waals surface area (Å²) >= 11 is 1.66. The number of thiophene rings is 1. The van der Waals surface area contributed by atoms with Gasteiger partial charge < -0.3 is 14.7 Å². The van der Waals surface area contributed by atoms with Crippen molar-refractivity contribution in [2.75, 3.05) is 55.0 Å². The van der Waals surface area contributed by atoms with Gasteiger partial charge in [-0.15, -0.1) is 11.3 Å². The summed E-state index contributed by atoms with van der Waals surface area (Å²) in [5.41, 5.74) is 0. The van der Waals surface area contributed by atoms with E-state index in [0.717, 1.165) is 53.8 Å². The zero-order chi connectivity index (χ0) is 16.5. The van der Waals surface area contributed by atoms with Crippen molar-refractivity contribution in [1.29, 1.82) is 0 Å². The Hall–Kier alpha value is -2.48. The van der Waals surface area contributed by atoms with Gasteiger partial charge >= 0.3 is 0 Å². The SMILES string of the molecule is CN(C)c1cc(N2CCN(c3ncnc4sccc34)CC2)ncn1. The fourth-order valence-corrected chi connectivity index (χ4v) is 3.66. The van der Waals surface area contributed by atoms with Crippen LogP contribution in [0.1, 0.15) is 0 Å². The van der Waals surface area contributed by atoms with Crippen LogP contribution in [0, 0.1) is 0 Å². The van der Waals surface area contributed by atoms with Gasteiger partial charge in [0.1, 0.15) is 34.9 Å². The quantitative estimate of drug-likeness (QED) is 0.721. The number of nitrogens with zero attached hydrogens (tertiary/aromatic N) is 7. The zero-order valence-corrected chi connectivity index (χ0v) is 14.6. The molecule has 1 fully saturated rings. The molecule has 0 spiro atoms. The Morgan fingerprint density at radius 1 is 0.958 bits per heavy atom. The van der Waals surface area contributed by atoms with Crippen LogP contribution in [0.2, 0.25) is 0 Å². The first kappa shape index (κ1) is 15.1. The third kappa shape index (κ3) is 2.73. The van der Waals surface area contributed by atoms with Gasteiger partial charge in [0.25, 0.3) is 0 Å². The van der Waals surface area contributed by atoms with E-state index >= 15 is 0 Å². The first-order valence-electron chi connectivity index (χ1n) is 7.90. The normalized spacial score (nSPS) is 15.1. The van der Waals surface area contributed by atoms with E-state index in [1.807, 2.05) is 25.1 Å². The van der Waals surface area contributed by atoms with Gasteiger partial charge in [0.2, 0.25) is 0 Å². The molecule has 4 heterocycles. The monoisotopic (exact) mass is 341 g/mol. The van der Waals surface area contributed by atoms with Crippen LogP contribution in [0.25, 0.3) is 10.2 Å². The highest BCUT2D eigenvalue weighted by Gasteiger charge is 2.21. The van der Waals surface area contributed by atoms with Crippen molar-refractivity contribution in [3.8, 4) is 0 Å². The predicted octanol–water partition coefficient (Wildman–Crippen LogP) is 1.87. The molecule has 1 saturated heterocycles. The van der Waals surface area contributed by atoms with Crippen LogP contribution in [0.15, 0.2) is 30.2 Å². The molecular weight excluding hydrogens is 322 g/mol. The van der Waals surface area contributed by atoms with Gasteiger partial charge in [-0.1, -0.05) is 0 Å². The summed E-state index contributed by atoms with van der Waals surface area (Å²) < 4.78 is 0. The highest BCUT2D eigenvalue weighted by atomic mass is 32.1. The van der Waals surface area contributed by atoms with Crippen molar-refractivity contribution in [1.82, 2.24) is 19.9 Å². The van der Waals surface area contributed by atoms with E-state index in [9.17, 15) is 0 Å². The molecule has 0 radical (unpaired) electrons. The second-order valence-corrected chi connectivity index (χ2v) is 6.83. The summed E-state index contributed by atoms with van der Waals surface area (Å²) in [6.45, 7) is 3.67. The number of rotatable bonds is 3. The number of hydrogen-bond donors (Lipinski definition) is 0. The Labute approximate surface area is 144 Å². The zero-order valence-electron chi connectivity index (χ0n) is 13.8. The first-order chi connectivity index (χ1) is 11.7. The maximum Gasteiger partial charge on any atom is 0.140 e. The lowest BCUT2D eigenvalue weighted by atomic mass is 10.2. The summed E-state index contributed by atoms with van der Waals surface area (Å²) in [7, 11) is 3.98. The Kier molecular flexibility index (Phi) is 3.89. The molecule has 3 aromatic heterocycles. The maximum atomic E-state index is 4.51. The molecule has 0 aliphatic carbocycles. The summed E-state index contributed by atoms with van der Waals surface area (Å²) in [4.78, 5) is 25.2. The average Bonchev–Trinajstić information content (AvgIpc) is 3.11. The Bertz CT molecular complexity index is 839. The smallest absolute Gasteiger partial charge is 0.140 e. The minimum Gasteiger partial charge on any atom is -0.363 e. The lowest BCUT2D eigenvalue weighted by Gasteiger charge is -2.36. The predicted molar refractivity (Wildman–Crippen MR) is 98.2 cm³/mol.